The second-order valence-electron chi connectivity index (χ2n) is 4.38. The molecule has 2 aromatic heterocycles. The quantitative estimate of drug-likeness (QED) is 0.858. The van der Waals surface area contributed by atoms with Crippen LogP contribution in [0.4, 0.5) is 0 Å². The predicted octanol–water partition coefficient (Wildman–Crippen LogP) is 3.79. The summed E-state index contributed by atoms with van der Waals surface area (Å²) in [5.41, 5.74) is 2.10. The van der Waals surface area contributed by atoms with Gasteiger partial charge in [0.1, 0.15) is 4.21 Å². The lowest BCUT2D eigenvalue weighted by atomic mass is 10.1. The topological polar surface area (TPSA) is 46.2 Å². The lowest BCUT2D eigenvalue weighted by Gasteiger charge is -2.12. The number of nitrogens with one attached hydrogen (secondary N) is 1. The van der Waals surface area contributed by atoms with Crippen LogP contribution in [0.5, 0.6) is 0 Å². The molecule has 0 fully saturated rings. The zero-order valence-corrected chi connectivity index (χ0v) is 14.5. The van der Waals surface area contributed by atoms with Gasteiger partial charge in [-0.3, -0.25) is 0 Å². The van der Waals surface area contributed by atoms with Gasteiger partial charge in [0.25, 0.3) is 0 Å². The van der Waals surface area contributed by atoms with Gasteiger partial charge < -0.3 is 0 Å². The number of aryl methyl sites for hydroxylation is 1. The number of hydrogen-bond acceptors (Lipinski definition) is 4. The average Bonchev–Trinajstić information content (AvgIpc) is 2.89. The standard InChI is InChI=1S/C12H14BrNO2S3/c1-8-5-11(18-12(8)13)19(15,16)14-9(2)6-10-3-4-17-7-10/h3-5,7,9,14H,6H2,1-2H3. The molecule has 2 aromatic rings. The molecule has 0 aliphatic heterocycles. The van der Waals surface area contributed by atoms with E-state index in [1.165, 1.54) is 11.3 Å². The fourth-order valence-corrected chi connectivity index (χ4v) is 5.86. The molecule has 1 N–H and O–H groups in total. The van der Waals surface area contributed by atoms with Gasteiger partial charge in [-0.25, -0.2) is 13.1 Å². The highest BCUT2D eigenvalue weighted by molar-refractivity contribution is 9.11. The summed E-state index contributed by atoms with van der Waals surface area (Å²) in [6.45, 7) is 3.76. The first-order chi connectivity index (χ1) is 8.88. The Kier molecular flexibility index (Phi) is 4.84. The fourth-order valence-electron chi connectivity index (χ4n) is 1.69. The zero-order valence-electron chi connectivity index (χ0n) is 10.5. The Morgan fingerprint density at radius 2 is 2.21 bits per heavy atom. The second kappa shape index (κ2) is 6.05. The van der Waals surface area contributed by atoms with E-state index in [2.05, 4.69) is 20.7 Å². The van der Waals surface area contributed by atoms with Gasteiger partial charge in [0.15, 0.2) is 0 Å². The summed E-state index contributed by atoms with van der Waals surface area (Å²) >= 11 is 6.21. The largest absolute Gasteiger partial charge is 0.250 e. The summed E-state index contributed by atoms with van der Waals surface area (Å²) < 4.78 is 28.4. The first-order valence-electron chi connectivity index (χ1n) is 5.68. The van der Waals surface area contributed by atoms with Crippen LogP contribution in [0.3, 0.4) is 0 Å². The summed E-state index contributed by atoms with van der Waals surface area (Å²) in [6.07, 6.45) is 0.703. The van der Waals surface area contributed by atoms with E-state index in [0.717, 1.165) is 14.9 Å². The number of hydrogen-bond donors (Lipinski definition) is 1. The minimum Gasteiger partial charge on any atom is -0.207 e. The van der Waals surface area contributed by atoms with Crippen molar-refractivity contribution >= 4 is 48.6 Å². The normalized spacial score (nSPS) is 13.6. The number of sulfonamides is 1. The Morgan fingerprint density at radius 3 is 2.74 bits per heavy atom. The van der Waals surface area contributed by atoms with Gasteiger partial charge in [-0.2, -0.15) is 11.3 Å². The molecule has 3 nitrogen and oxygen atoms in total. The van der Waals surface area contributed by atoms with Gasteiger partial charge in [0.2, 0.25) is 10.0 Å². The van der Waals surface area contributed by atoms with Crippen LogP contribution in [-0.4, -0.2) is 14.5 Å². The van der Waals surface area contributed by atoms with Crippen molar-refractivity contribution in [3.63, 3.8) is 0 Å². The monoisotopic (exact) mass is 379 g/mol. The van der Waals surface area contributed by atoms with Crippen molar-refractivity contribution in [3.8, 4) is 0 Å². The van der Waals surface area contributed by atoms with Gasteiger partial charge in [-0.15, -0.1) is 11.3 Å². The van der Waals surface area contributed by atoms with Crippen LogP contribution in [-0.2, 0) is 16.4 Å². The Balaban J connectivity index is 2.08. The predicted molar refractivity (Wildman–Crippen MR) is 84.6 cm³/mol. The SMILES string of the molecule is Cc1cc(S(=O)(=O)NC(C)Cc2ccsc2)sc1Br. The van der Waals surface area contributed by atoms with Crippen molar-refractivity contribution < 1.29 is 8.42 Å². The van der Waals surface area contributed by atoms with Crippen LogP contribution >= 0.6 is 38.6 Å². The molecular weight excluding hydrogens is 366 g/mol. The van der Waals surface area contributed by atoms with Crippen molar-refractivity contribution in [2.24, 2.45) is 0 Å². The second-order valence-corrected chi connectivity index (χ2v) is 9.47. The van der Waals surface area contributed by atoms with Gasteiger partial charge in [-0.1, -0.05) is 0 Å². The van der Waals surface area contributed by atoms with E-state index in [1.807, 2.05) is 30.7 Å². The van der Waals surface area contributed by atoms with Crippen molar-refractivity contribution in [2.75, 3.05) is 0 Å². The highest BCUT2D eigenvalue weighted by atomic mass is 79.9. The first kappa shape index (κ1) is 15.2. The summed E-state index contributed by atoms with van der Waals surface area (Å²) in [5, 5.41) is 4.03. The molecule has 0 spiro atoms. The molecule has 0 aliphatic carbocycles. The van der Waals surface area contributed by atoms with Crippen LogP contribution in [0.2, 0.25) is 0 Å². The highest BCUT2D eigenvalue weighted by Crippen LogP contribution is 2.30. The Bertz CT molecular complexity index is 627. The summed E-state index contributed by atoms with van der Waals surface area (Å²) in [6, 6.07) is 3.58. The molecule has 0 saturated heterocycles. The third-order valence-electron chi connectivity index (χ3n) is 2.58. The molecule has 1 unspecified atom stereocenters. The van der Waals surface area contributed by atoms with Crippen molar-refractivity contribution in [1.82, 2.24) is 4.72 Å². The molecule has 2 rings (SSSR count). The molecule has 2 heterocycles. The number of thiophene rings is 2. The number of rotatable bonds is 5. The zero-order chi connectivity index (χ0) is 14.0. The van der Waals surface area contributed by atoms with Crippen molar-refractivity contribution in [1.29, 1.82) is 0 Å². The third-order valence-corrected chi connectivity index (χ3v) is 7.51. The average molecular weight is 380 g/mol. The molecule has 7 heteroatoms. The van der Waals surface area contributed by atoms with Gasteiger partial charge >= 0.3 is 0 Å². The Hall–Kier alpha value is -0.210. The maximum absolute atomic E-state index is 12.2. The smallest absolute Gasteiger partial charge is 0.207 e. The Labute approximate surface area is 129 Å². The van der Waals surface area contributed by atoms with Crippen molar-refractivity contribution in [3.05, 3.63) is 37.8 Å². The van der Waals surface area contributed by atoms with E-state index >= 15 is 0 Å². The molecule has 0 bridgehead atoms. The summed E-state index contributed by atoms with van der Waals surface area (Å²) in [5.74, 6) is 0. The first-order valence-corrected chi connectivity index (χ1v) is 9.71. The molecule has 104 valence electrons. The van der Waals surface area contributed by atoms with Crippen molar-refractivity contribution in [2.45, 2.75) is 30.5 Å². The van der Waals surface area contributed by atoms with Crippen LogP contribution in [0, 0.1) is 6.92 Å². The third kappa shape index (κ3) is 3.88. The maximum Gasteiger partial charge on any atom is 0.250 e. The molecular formula is C12H14BrNO2S3. The summed E-state index contributed by atoms with van der Waals surface area (Å²) in [4.78, 5) is 0. The highest BCUT2D eigenvalue weighted by Gasteiger charge is 2.20. The van der Waals surface area contributed by atoms with Gasteiger partial charge in [-0.05, 0) is 70.2 Å². The lowest BCUT2D eigenvalue weighted by molar-refractivity contribution is 0.562. The van der Waals surface area contributed by atoms with Crippen LogP contribution in [0.15, 0.2) is 30.9 Å². The molecule has 0 amide bonds. The van der Waals surface area contributed by atoms with E-state index in [9.17, 15) is 8.42 Å². The minimum absolute atomic E-state index is 0.124. The fraction of sp³-hybridized carbons (Fsp3) is 0.333. The van der Waals surface area contributed by atoms with E-state index in [4.69, 9.17) is 0 Å². The number of halogens is 1. The van der Waals surface area contributed by atoms with E-state index in [1.54, 1.807) is 17.4 Å². The van der Waals surface area contributed by atoms with Gasteiger partial charge in [0, 0.05) is 6.04 Å². The molecule has 1 atom stereocenters. The van der Waals surface area contributed by atoms with Crippen LogP contribution in [0.25, 0.3) is 0 Å². The Morgan fingerprint density at radius 1 is 1.47 bits per heavy atom. The molecule has 0 aliphatic rings. The summed E-state index contributed by atoms with van der Waals surface area (Å²) in [7, 11) is -3.42. The van der Waals surface area contributed by atoms with Crippen LogP contribution < -0.4 is 4.72 Å². The van der Waals surface area contributed by atoms with Gasteiger partial charge in [0.05, 0.1) is 3.79 Å². The van der Waals surface area contributed by atoms with E-state index < -0.39 is 10.0 Å². The lowest BCUT2D eigenvalue weighted by Crippen LogP contribution is -2.33. The maximum atomic E-state index is 12.2. The molecule has 0 saturated carbocycles. The molecule has 0 aromatic carbocycles. The van der Waals surface area contributed by atoms with Crippen LogP contribution in [0.1, 0.15) is 18.1 Å². The molecule has 0 radical (unpaired) electrons. The van der Waals surface area contributed by atoms with E-state index in [-0.39, 0.29) is 6.04 Å². The van der Waals surface area contributed by atoms with E-state index in [0.29, 0.717) is 10.6 Å². The minimum atomic E-state index is -3.42. The molecule has 19 heavy (non-hydrogen) atoms.